The highest BCUT2D eigenvalue weighted by molar-refractivity contribution is 8.15. The van der Waals surface area contributed by atoms with E-state index in [-0.39, 0.29) is 16.8 Å². The zero-order chi connectivity index (χ0) is 21.5. The standard InChI is InChI=1S/C22H24N4O3S/c1-3-4-12-20-21(27)25(15-18-10-6-5-8-16(18)2)22(30-20)24-23-14-17-9-7-11-19(13-17)26(28)29/h5-11,13-14,20H,3-4,12,15H2,1-2H3/b23-14-,24-22+/t20-/m1/s1. The largest absolute Gasteiger partial charge is 0.284 e. The van der Waals surface area contributed by atoms with Crippen LogP contribution in [0, 0.1) is 17.0 Å². The lowest BCUT2D eigenvalue weighted by atomic mass is 10.1. The molecule has 8 heteroatoms. The molecule has 0 radical (unpaired) electrons. The maximum absolute atomic E-state index is 13.0. The smallest absolute Gasteiger partial charge is 0.270 e. The third kappa shape index (κ3) is 5.33. The van der Waals surface area contributed by atoms with Crippen LogP contribution >= 0.6 is 11.8 Å². The van der Waals surface area contributed by atoms with Crippen LogP contribution in [-0.2, 0) is 11.3 Å². The van der Waals surface area contributed by atoms with Crippen LogP contribution in [0.15, 0.2) is 58.7 Å². The highest BCUT2D eigenvalue weighted by atomic mass is 32.2. The van der Waals surface area contributed by atoms with Crippen LogP contribution < -0.4 is 0 Å². The molecule has 1 saturated heterocycles. The molecule has 0 bridgehead atoms. The summed E-state index contributed by atoms with van der Waals surface area (Å²) in [6.07, 6.45) is 4.28. The zero-order valence-corrected chi connectivity index (χ0v) is 17.8. The number of unbranched alkanes of at least 4 members (excludes halogenated alkanes) is 1. The van der Waals surface area contributed by atoms with E-state index in [2.05, 4.69) is 17.1 Å². The number of nitro benzene ring substituents is 1. The summed E-state index contributed by atoms with van der Waals surface area (Å²) in [7, 11) is 0. The highest BCUT2D eigenvalue weighted by Gasteiger charge is 2.37. The molecule has 0 unspecified atom stereocenters. The maximum Gasteiger partial charge on any atom is 0.270 e. The minimum Gasteiger partial charge on any atom is -0.284 e. The lowest BCUT2D eigenvalue weighted by molar-refractivity contribution is -0.384. The molecule has 3 rings (SSSR count). The summed E-state index contributed by atoms with van der Waals surface area (Å²) in [5.41, 5.74) is 2.76. The van der Waals surface area contributed by atoms with E-state index in [1.165, 1.54) is 30.1 Å². The normalized spacial score (nSPS) is 17.9. The van der Waals surface area contributed by atoms with E-state index in [9.17, 15) is 14.9 Å². The SMILES string of the molecule is CCCC[C@H]1S/C(=N/N=C\c2cccc([N+](=O)[O-])c2)N(Cc2ccccc2C)C1=O. The second kappa shape index (κ2) is 10.2. The van der Waals surface area contributed by atoms with Crippen molar-refractivity contribution >= 4 is 34.7 Å². The lowest BCUT2D eigenvalue weighted by Gasteiger charge is -2.17. The van der Waals surface area contributed by atoms with Crippen molar-refractivity contribution in [3.05, 3.63) is 75.3 Å². The van der Waals surface area contributed by atoms with E-state index in [1.807, 2.05) is 31.2 Å². The van der Waals surface area contributed by atoms with Crippen LogP contribution in [0.3, 0.4) is 0 Å². The molecule has 1 heterocycles. The van der Waals surface area contributed by atoms with Gasteiger partial charge in [-0.25, -0.2) is 0 Å². The number of amides is 1. The molecule has 2 aromatic rings. The summed E-state index contributed by atoms with van der Waals surface area (Å²) in [5, 5.41) is 19.7. The van der Waals surface area contributed by atoms with Crippen LogP contribution in [0.4, 0.5) is 5.69 Å². The molecule has 0 spiro atoms. The fourth-order valence-electron chi connectivity index (χ4n) is 3.13. The number of amidine groups is 1. The fourth-order valence-corrected chi connectivity index (χ4v) is 4.27. The van der Waals surface area contributed by atoms with Gasteiger partial charge >= 0.3 is 0 Å². The van der Waals surface area contributed by atoms with E-state index in [1.54, 1.807) is 17.0 Å². The number of benzene rings is 2. The van der Waals surface area contributed by atoms with Gasteiger partial charge in [0.15, 0.2) is 5.17 Å². The first-order valence-electron chi connectivity index (χ1n) is 9.87. The van der Waals surface area contributed by atoms with E-state index < -0.39 is 4.92 Å². The number of hydrogen-bond donors (Lipinski definition) is 0. The van der Waals surface area contributed by atoms with Crippen molar-refractivity contribution in [1.82, 2.24) is 4.90 Å². The van der Waals surface area contributed by atoms with Crippen molar-refractivity contribution in [2.24, 2.45) is 10.2 Å². The van der Waals surface area contributed by atoms with E-state index in [4.69, 9.17) is 0 Å². The van der Waals surface area contributed by atoms with E-state index in [0.29, 0.717) is 17.3 Å². The zero-order valence-electron chi connectivity index (χ0n) is 17.0. The van der Waals surface area contributed by atoms with Crippen LogP contribution in [0.1, 0.15) is 42.9 Å². The summed E-state index contributed by atoms with van der Waals surface area (Å²) >= 11 is 1.44. The van der Waals surface area contributed by atoms with Crippen LogP contribution in [0.5, 0.6) is 0 Å². The van der Waals surface area contributed by atoms with Gasteiger partial charge in [-0.1, -0.05) is 67.9 Å². The molecule has 1 fully saturated rings. The summed E-state index contributed by atoms with van der Waals surface area (Å²) < 4.78 is 0. The Bertz CT molecular complexity index is 990. The molecule has 0 aliphatic carbocycles. The van der Waals surface area contributed by atoms with Gasteiger partial charge in [0.1, 0.15) is 0 Å². The van der Waals surface area contributed by atoms with Crippen molar-refractivity contribution < 1.29 is 9.72 Å². The third-order valence-electron chi connectivity index (χ3n) is 4.86. The molecule has 2 aromatic carbocycles. The van der Waals surface area contributed by atoms with Crippen molar-refractivity contribution in [2.45, 2.75) is 44.9 Å². The third-order valence-corrected chi connectivity index (χ3v) is 6.10. The Morgan fingerprint density at radius 2 is 2.03 bits per heavy atom. The van der Waals surface area contributed by atoms with Gasteiger partial charge in [0.2, 0.25) is 5.91 Å². The van der Waals surface area contributed by atoms with Crippen LogP contribution in [0.25, 0.3) is 0 Å². The van der Waals surface area contributed by atoms with Gasteiger partial charge in [-0.2, -0.15) is 5.10 Å². The van der Waals surface area contributed by atoms with Crippen molar-refractivity contribution in [1.29, 1.82) is 0 Å². The minimum absolute atomic E-state index is 0.00201. The van der Waals surface area contributed by atoms with Crippen LogP contribution in [-0.4, -0.2) is 32.4 Å². The van der Waals surface area contributed by atoms with Gasteiger partial charge in [0.05, 0.1) is 22.9 Å². The quantitative estimate of drug-likeness (QED) is 0.341. The number of rotatable bonds is 8. The first kappa shape index (κ1) is 21.7. The highest BCUT2D eigenvalue weighted by Crippen LogP contribution is 2.32. The van der Waals surface area contributed by atoms with Gasteiger partial charge in [0, 0.05) is 17.7 Å². The first-order valence-corrected chi connectivity index (χ1v) is 10.8. The van der Waals surface area contributed by atoms with Crippen molar-refractivity contribution in [2.75, 3.05) is 0 Å². The molecule has 1 aliphatic rings. The molecule has 0 aromatic heterocycles. The molecule has 156 valence electrons. The van der Waals surface area contributed by atoms with Gasteiger partial charge in [-0.3, -0.25) is 19.8 Å². The number of nitro groups is 1. The predicted molar refractivity (Wildman–Crippen MR) is 121 cm³/mol. The van der Waals surface area contributed by atoms with E-state index in [0.717, 1.165) is 30.4 Å². The number of nitrogens with zero attached hydrogens (tertiary/aromatic N) is 4. The predicted octanol–water partition coefficient (Wildman–Crippen LogP) is 4.93. The Morgan fingerprint density at radius 1 is 1.23 bits per heavy atom. The summed E-state index contributed by atoms with van der Waals surface area (Å²) in [6.45, 7) is 4.58. The van der Waals surface area contributed by atoms with Gasteiger partial charge in [-0.05, 0) is 24.5 Å². The summed E-state index contributed by atoms with van der Waals surface area (Å²) in [4.78, 5) is 25.2. The molecular weight excluding hydrogens is 400 g/mol. The molecular formula is C22H24N4O3S. The number of hydrogen-bond acceptors (Lipinski definition) is 6. The van der Waals surface area contributed by atoms with Gasteiger partial charge in [0.25, 0.3) is 5.69 Å². The van der Waals surface area contributed by atoms with Crippen molar-refractivity contribution in [3.8, 4) is 0 Å². The Labute approximate surface area is 180 Å². The number of aryl methyl sites for hydroxylation is 1. The first-order chi connectivity index (χ1) is 14.5. The molecule has 30 heavy (non-hydrogen) atoms. The molecule has 1 aliphatic heterocycles. The fraction of sp³-hybridized carbons (Fsp3) is 0.318. The molecule has 7 nitrogen and oxygen atoms in total. The Morgan fingerprint density at radius 3 is 2.77 bits per heavy atom. The maximum atomic E-state index is 13.0. The second-order valence-electron chi connectivity index (χ2n) is 7.08. The Kier molecular flexibility index (Phi) is 7.35. The van der Waals surface area contributed by atoms with Crippen molar-refractivity contribution in [3.63, 3.8) is 0 Å². The van der Waals surface area contributed by atoms with Crippen LogP contribution in [0.2, 0.25) is 0 Å². The monoisotopic (exact) mass is 424 g/mol. The molecule has 0 N–H and O–H groups in total. The van der Waals surface area contributed by atoms with Gasteiger partial charge < -0.3 is 0 Å². The average Bonchev–Trinajstić information content (AvgIpc) is 3.03. The molecule has 1 atom stereocenters. The van der Waals surface area contributed by atoms with Gasteiger partial charge in [-0.15, -0.1) is 5.10 Å². The number of carbonyl (C=O) groups is 1. The second-order valence-corrected chi connectivity index (χ2v) is 8.25. The number of thioether (sulfide) groups is 1. The number of carbonyl (C=O) groups excluding carboxylic acids is 1. The topological polar surface area (TPSA) is 88.2 Å². The molecule has 0 saturated carbocycles. The number of non-ortho nitro benzene ring substituents is 1. The summed E-state index contributed by atoms with van der Waals surface area (Å²) in [6, 6.07) is 14.2. The Balaban J connectivity index is 1.83. The van der Waals surface area contributed by atoms with E-state index >= 15 is 0 Å². The lowest BCUT2D eigenvalue weighted by Crippen LogP contribution is -2.31. The minimum atomic E-state index is -0.447. The Hall–Kier alpha value is -3.00. The summed E-state index contributed by atoms with van der Waals surface area (Å²) in [5.74, 6) is 0.0565. The molecule has 1 amide bonds. The average molecular weight is 425 g/mol.